The largest absolute Gasteiger partial charge is 0.481 e. The molecular weight excluding hydrogens is 566 g/mol. The maximum Gasteiger partial charge on any atom is 0.344 e. The molecule has 2 aromatic carbocycles. The van der Waals surface area contributed by atoms with Crippen molar-refractivity contribution in [3.63, 3.8) is 0 Å². The molecule has 1 heterocycles. The first kappa shape index (κ1) is 24.7. The first-order valence-electron chi connectivity index (χ1n) is 9.65. The molecule has 1 fully saturated rings. The number of nitrogens with zero attached hydrogens (tertiary/aromatic N) is 1. The van der Waals surface area contributed by atoms with E-state index in [1.807, 2.05) is 22.6 Å². The Morgan fingerprint density at radius 1 is 1.21 bits per heavy atom. The Hall–Kier alpha value is -2.93. The predicted molar refractivity (Wildman–Crippen MR) is 129 cm³/mol. The summed E-state index contributed by atoms with van der Waals surface area (Å²) in [5.74, 6) is -1.75. The lowest BCUT2D eigenvalue weighted by Crippen LogP contribution is -2.36. The van der Waals surface area contributed by atoms with Crippen LogP contribution in [-0.4, -0.2) is 47.7 Å². The lowest BCUT2D eigenvalue weighted by Gasteiger charge is -2.12. The van der Waals surface area contributed by atoms with Crippen molar-refractivity contribution in [1.29, 1.82) is 0 Å². The molecule has 1 aliphatic rings. The molecule has 0 unspecified atom stereocenters. The third-order valence-electron chi connectivity index (χ3n) is 4.19. The van der Waals surface area contributed by atoms with E-state index in [0.717, 1.165) is 22.7 Å². The van der Waals surface area contributed by atoms with E-state index < -0.39 is 35.4 Å². The molecule has 1 saturated heterocycles. The molecule has 172 valence electrons. The van der Waals surface area contributed by atoms with Crippen molar-refractivity contribution in [3.05, 3.63) is 62.3 Å². The highest BCUT2D eigenvalue weighted by Crippen LogP contribution is 2.33. The first-order chi connectivity index (χ1) is 15.8. The van der Waals surface area contributed by atoms with Crippen LogP contribution in [0.3, 0.4) is 0 Å². The van der Waals surface area contributed by atoms with E-state index in [4.69, 9.17) is 9.47 Å². The fourth-order valence-electron chi connectivity index (χ4n) is 2.76. The summed E-state index contributed by atoms with van der Waals surface area (Å²) in [6.45, 7) is 1.26. The molecule has 0 spiro atoms. The van der Waals surface area contributed by atoms with E-state index >= 15 is 0 Å². The lowest BCUT2D eigenvalue weighted by molar-refractivity contribution is -0.145. The lowest BCUT2D eigenvalue weighted by atomic mass is 10.2. The number of carbonyl (C=O) groups is 4. The van der Waals surface area contributed by atoms with Gasteiger partial charge < -0.3 is 14.8 Å². The summed E-state index contributed by atoms with van der Waals surface area (Å²) in [5, 5.41) is 1.88. The molecule has 33 heavy (non-hydrogen) atoms. The Bertz CT molecular complexity index is 1140. The van der Waals surface area contributed by atoms with Gasteiger partial charge in [-0.25, -0.2) is 9.18 Å². The van der Waals surface area contributed by atoms with Gasteiger partial charge in [-0.3, -0.25) is 19.3 Å². The molecule has 8 nitrogen and oxygen atoms in total. The first-order valence-corrected chi connectivity index (χ1v) is 11.5. The molecule has 0 radical (unpaired) electrons. The minimum Gasteiger partial charge on any atom is -0.481 e. The molecule has 3 rings (SSSR count). The highest BCUT2D eigenvalue weighted by atomic mass is 127. The van der Waals surface area contributed by atoms with Gasteiger partial charge in [0.15, 0.2) is 6.61 Å². The third kappa shape index (κ3) is 6.78. The Morgan fingerprint density at radius 3 is 2.70 bits per heavy atom. The van der Waals surface area contributed by atoms with E-state index in [2.05, 4.69) is 5.32 Å². The molecule has 0 aromatic heterocycles. The van der Waals surface area contributed by atoms with Crippen LogP contribution in [0.25, 0.3) is 6.08 Å². The fourth-order valence-corrected chi connectivity index (χ4v) is 4.29. The van der Waals surface area contributed by atoms with Crippen molar-refractivity contribution in [3.8, 4) is 5.75 Å². The van der Waals surface area contributed by atoms with Gasteiger partial charge in [-0.2, -0.15) is 0 Å². The third-order valence-corrected chi connectivity index (χ3v) is 5.94. The van der Waals surface area contributed by atoms with E-state index in [1.54, 1.807) is 25.1 Å². The summed E-state index contributed by atoms with van der Waals surface area (Å²) in [7, 11) is 0. The number of hydrogen-bond acceptors (Lipinski definition) is 7. The van der Waals surface area contributed by atoms with Gasteiger partial charge in [-0.15, -0.1) is 0 Å². The average molecular weight is 584 g/mol. The zero-order valence-electron chi connectivity index (χ0n) is 17.3. The summed E-state index contributed by atoms with van der Waals surface area (Å²) in [5.41, 5.74) is 0.861. The van der Waals surface area contributed by atoms with Gasteiger partial charge in [0.2, 0.25) is 5.91 Å². The summed E-state index contributed by atoms with van der Waals surface area (Å²) in [6, 6.07) is 10.3. The van der Waals surface area contributed by atoms with Crippen LogP contribution in [0.5, 0.6) is 5.75 Å². The summed E-state index contributed by atoms with van der Waals surface area (Å²) < 4.78 is 24.2. The second kappa shape index (κ2) is 11.3. The fraction of sp³-hybridized carbons (Fsp3) is 0.182. The molecule has 0 bridgehead atoms. The van der Waals surface area contributed by atoms with Gasteiger partial charge in [0.25, 0.3) is 11.1 Å². The molecule has 0 aliphatic carbocycles. The average Bonchev–Trinajstić information content (AvgIpc) is 3.00. The summed E-state index contributed by atoms with van der Waals surface area (Å²) in [6.07, 6.45) is 1.53. The van der Waals surface area contributed by atoms with Crippen LogP contribution in [-0.2, 0) is 19.1 Å². The number of carbonyl (C=O) groups excluding carboxylic acids is 4. The maximum absolute atomic E-state index is 13.3. The van der Waals surface area contributed by atoms with Gasteiger partial charge in [-0.05, 0) is 83.2 Å². The number of esters is 1. The van der Waals surface area contributed by atoms with Crippen LogP contribution in [0, 0.1) is 9.39 Å². The standard InChI is InChI=1S/C22H18FIN2O6S/c1-2-31-20(28)12-32-17-7-6-13(8-16(17)24)9-18-21(29)26(22(30)33-18)11-19(27)25-15-5-3-4-14(23)10-15/h3-10H,2,11-12H2,1H3,(H,25,27)/b18-9+. The van der Waals surface area contributed by atoms with Crippen molar-refractivity contribution in [2.75, 3.05) is 25.1 Å². The van der Waals surface area contributed by atoms with E-state index in [0.29, 0.717) is 14.9 Å². The molecule has 1 N–H and O–H groups in total. The van der Waals surface area contributed by atoms with Crippen LogP contribution in [0.1, 0.15) is 12.5 Å². The van der Waals surface area contributed by atoms with Crippen LogP contribution in [0.2, 0.25) is 0 Å². The molecule has 0 saturated carbocycles. The minimum absolute atomic E-state index is 0.162. The Labute approximate surface area is 206 Å². The number of nitrogens with one attached hydrogen (secondary N) is 1. The molecule has 0 atom stereocenters. The van der Waals surface area contributed by atoms with Gasteiger partial charge in [-0.1, -0.05) is 12.1 Å². The number of thioether (sulfide) groups is 1. The highest BCUT2D eigenvalue weighted by Gasteiger charge is 2.36. The number of benzene rings is 2. The number of ether oxygens (including phenoxy) is 2. The number of imide groups is 1. The van der Waals surface area contributed by atoms with Crippen molar-refractivity contribution < 1.29 is 33.0 Å². The quantitative estimate of drug-likeness (QED) is 0.284. The number of rotatable bonds is 8. The maximum atomic E-state index is 13.3. The van der Waals surface area contributed by atoms with Gasteiger partial charge in [0, 0.05) is 5.69 Å². The van der Waals surface area contributed by atoms with Gasteiger partial charge in [0.05, 0.1) is 15.1 Å². The van der Waals surface area contributed by atoms with Gasteiger partial charge >= 0.3 is 5.97 Å². The zero-order chi connectivity index (χ0) is 24.0. The van der Waals surface area contributed by atoms with Crippen LogP contribution in [0.4, 0.5) is 14.9 Å². The van der Waals surface area contributed by atoms with E-state index in [-0.39, 0.29) is 23.8 Å². The van der Waals surface area contributed by atoms with Crippen molar-refractivity contribution in [1.82, 2.24) is 4.90 Å². The topological polar surface area (TPSA) is 102 Å². The van der Waals surface area contributed by atoms with Crippen molar-refractivity contribution in [2.45, 2.75) is 6.92 Å². The van der Waals surface area contributed by atoms with Crippen molar-refractivity contribution in [2.24, 2.45) is 0 Å². The SMILES string of the molecule is CCOC(=O)COc1ccc(/C=C2/SC(=O)N(CC(=O)Nc3cccc(F)c3)C2=O)cc1I. The highest BCUT2D eigenvalue weighted by molar-refractivity contribution is 14.1. The second-order valence-corrected chi connectivity index (χ2v) is 8.77. The van der Waals surface area contributed by atoms with E-state index in [1.165, 1.54) is 24.3 Å². The zero-order valence-corrected chi connectivity index (χ0v) is 20.3. The Balaban J connectivity index is 1.64. The number of amides is 3. The summed E-state index contributed by atoms with van der Waals surface area (Å²) in [4.78, 5) is 49.6. The van der Waals surface area contributed by atoms with Crippen molar-refractivity contribution >= 4 is 69.1 Å². The molecule has 3 amide bonds. The van der Waals surface area contributed by atoms with Gasteiger partial charge in [0.1, 0.15) is 18.1 Å². The van der Waals surface area contributed by atoms with Crippen LogP contribution in [0.15, 0.2) is 47.4 Å². The molecule has 11 heteroatoms. The molecule has 2 aromatic rings. The van der Waals surface area contributed by atoms with Crippen LogP contribution < -0.4 is 10.1 Å². The summed E-state index contributed by atoms with van der Waals surface area (Å²) >= 11 is 2.75. The second-order valence-electron chi connectivity index (χ2n) is 6.61. The van der Waals surface area contributed by atoms with E-state index in [9.17, 15) is 23.6 Å². The monoisotopic (exact) mass is 584 g/mol. The smallest absolute Gasteiger partial charge is 0.344 e. The number of halogens is 2. The molecular formula is C22H18FIN2O6S. The Kier molecular flexibility index (Phi) is 8.44. The predicted octanol–water partition coefficient (Wildman–Crippen LogP) is 4.05. The Morgan fingerprint density at radius 2 is 2.00 bits per heavy atom. The molecule has 1 aliphatic heterocycles. The van der Waals surface area contributed by atoms with Crippen LogP contribution >= 0.6 is 34.4 Å². The number of anilines is 1. The minimum atomic E-state index is -0.623. The number of hydrogen-bond donors (Lipinski definition) is 1. The normalized spacial score (nSPS) is 14.5.